The summed E-state index contributed by atoms with van der Waals surface area (Å²) in [6.45, 7) is 1.88. The molecule has 1 aromatic rings. The van der Waals surface area contributed by atoms with Crippen LogP contribution in [-0.4, -0.2) is 24.0 Å². The fourth-order valence-electron chi connectivity index (χ4n) is 1.89. The Morgan fingerprint density at radius 1 is 1.25 bits per heavy atom. The number of nitrogens with two attached hydrogens (primary N) is 1. The molecule has 0 bridgehead atoms. The SMILES string of the molecule is Nc1cccc(C(=O)NN2CCCCC2)c1. The lowest BCUT2D eigenvalue weighted by atomic mass is 10.1. The molecule has 3 N–H and O–H groups in total. The number of nitrogens with one attached hydrogen (secondary N) is 1. The minimum Gasteiger partial charge on any atom is -0.399 e. The molecule has 1 aliphatic rings. The van der Waals surface area contributed by atoms with Crippen LogP contribution in [0.2, 0.25) is 0 Å². The Balaban J connectivity index is 1.97. The molecule has 1 amide bonds. The zero-order chi connectivity index (χ0) is 11.4. The molecule has 1 saturated heterocycles. The molecule has 1 fully saturated rings. The van der Waals surface area contributed by atoms with Gasteiger partial charge < -0.3 is 5.73 Å². The summed E-state index contributed by atoms with van der Waals surface area (Å²) in [5.41, 5.74) is 9.77. The molecule has 0 unspecified atom stereocenters. The van der Waals surface area contributed by atoms with Crippen LogP contribution >= 0.6 is 0 Å². The third-order valence-corrected chi connectivity index (χ3v) is 2.76. The van der Waals surface area contributed by atoms with Crippen molar-refractivity contribution in [2.24, 2.45) is 0 Å². The van der Waals surface area contributed by atoms with Gasteiger partial charge in [-0.25, -0.2) is 5.01 Å². The predicted octanol–water partition coefficient (Wildman–Crippen LogP) is 1.40. The predicted molar refractivity (Wildman–Crippen MR) is 63.7 cm³/mol. The molecule has 0 radical (unpaired) electrons. The zero-order valence-corrected chi connectivity index (χ0v) is 9.28. The smallest absolute Gasteiger partial charge is 0.265 e. The highest BCUT2D eigenvalue weighted by atomic mass is 16.2. The number of hydrogen-bond donors (Lipinski definition) is 2. The summed E-state index contributed by atoms with van der Waals surface area (Å²) in [6, 6.07) is 7.03. The Kier molecular flexibility index (Phi) is 3.41. The Morgan fingerprint density at radius 2 is 2.00 bits per heavy atom. The van der Waals surface area contributed by atoms with E-state index in [-0.39, 0.29) is 5.91 Å². The van der Waals surface area contributed by atoms with Crippen LogP contribution in [0.25, 0.3) is 0 Å². The quantitative estimate of drug-likeness (QED) is 0.739. The first-order chi connectivity index (χ1) is 7.75. The first-order valence-corrected chi connectivity index (χ1v) is 5.67. The second-order valence-corrected chi connectivity index (χ2v) is 4.11. The normalized spacial score (nSPS) is 17.0. The standard InChI is InChI=1S/C12H17N3O/c13-11-6-4-5-10(9-11)12(16)14-15-7-2-1-3-8-15/h4-6,9H,1-3,7-8,13H2,(H,14,16). The molecule has 0 atom stereocenters. The molecule has 0 aromatic heterocycles. The molecule has 1 aliphatic heterocycles. The lowest BCUT2D eigenvalue weighted by Gasteiger charge is -2.26. The van der Waals surface area contributed by atoms with Crippen molar-refractivity contribution in [3.05, 3.63) is 29.8 Å². The maximum atomic E-state index is 11.9. The van der Waals surface area contributed by atoms with E-state index in [1.54, 1.807) is 24.3 Å². The van der Waals surface area contributed by atoms with E-state index in [2.05, 4.69) is 5.43 Å². The lowest BCUT2D eigenvalue weighted by Crippen LogP contribution is -2.45. The first-order valence-electron chi connectivity index (χ1n) is 5.67. The minimum atomic E-state index is -0.0748. The largest absolute Gasteiger partial charge is 0.399 e. The molecule has 86 valence electrons. The van der Waals surface area contributed by atoms with E-state index >= 15 is 0 Å². The van der Waals surface area contributed by atoms with E-state index in [0.717, 1.165) is 25.9 Å². The molecular formula is C12H17N3O. The maximum absolute atomic E-state index is 11.9. The van der Waals surface area contributed by atoms with E-state index in [4.69, 9.17) is 5.73 Å². The molecule has 2 rings (SSSR count). The fourth-order valence-corrected chi connectivity index (χ4v) is 1.89. The topological polar surface area (TPSA) is 58.4 Å². The minimum absolute atomic E-state index is 0.0748. The van der Waals surface area contributed by atoms with Gasteiger partial charge in [0.05, 0.1) is 0 Å². The average Bonchev–Trinajstić information content (AvgIpc) is 2.30. The van der Waals surface area contributed by atoms with Crippen LogP contribution in [0.5, 0.6) is 0 Å². The first kappa shape index (κ1) is 11.0. The summed E-state index contributed by atoms with van der Waals surface area (Å²) >= 11 is 0. The van der Waals surface area contributed by atoms with Crippen LogP contribution < -0.4 is 11.2 Å². The lowest BCUT2D eigenvalue weighted by molar-refractivity contribution is 0.0750. The summed E-state index contributed by atoms with van der Waals surface area (Å²) < 4.78 is 0. The van der Waals surface area contributed by atoms with Crippen molar-refractivity contribution in [2.75, 3.05) is 18.8 Å². The van der Waals surface area contributed by atoms with Crippen LogP contribution in [0.4, 0.5) is 5.69 Å². The van der Waals surface area contributed by atoms with Crippen LogP contribution in [0.1, 0.15) is 29.6 Å². The number of amides is 1. The van der Waals surface area contributed by atoms with E-state index < -0.39 is 0 Å². The molecular weight excluding hydrogens is 202 g/mol. The van der Waals surface area contributed by atoms with Gasteiger partial charge in [0.1, 0.15) is 0 Å². The van der Waals surface area contributed by atoms with Gasteiger partial charge in [0, 0.05) is 24.3 Å². The van der Waals surface area contributed by atoms with E-state index in [1.807, 2.05) is 5.01 Å². The third kappa shape index (κ3) is 2.73. The highest BCUT2D eigenvalue weighted by molar-refractivity contribution is 5.94. The summed E-state index contributed by atoms with van der Waals surface area (Å²) in [7, 11) is 0. The highest BCUT2D eigenvalue weighted by Gasteiger charge is 2.13. The van der Waals surface area contributed by atoms with Gasteiger partial charge in [0.2, 0.25) is 0 Å². The zero-order valence-electron chi connectivity index (χ0n) is 9.28. The Labute approximate surface area is 95.4 Å². The second kappa shape index (κ2) is 4.99. The van der Waals surface area contributed by atoms with Gasteiger partial charge in [-0.1, -0.05) is 12.5 Å². The van der Waals surface area contributed by atoms with Crippen LogP contribution in [0.3, 0.4) is 0 Å². The van der Waals surface area contributed by atoms with Crippen LogP contribution in [-0.2, 0) is 0 Å². The van der Waals surface area contributed by atoms with Crippen molar-refractivity contribution in [2.45, 2.75) is 19.3 Å². The van der Waals surface area contributed by atoms with Crippen molar-refractivity contribution in [1.82, 2.24) is 10.4 Å². The van der Waals surface area contributed by atoms with Gasteiger partial charge in [-0.2, -0.15) is 0 Å². The summed E-state index contributed by atoms with van der Waals surface area (Å²) in [5, 5.41) is 1.98. The number of carbonyl (C=O) groups excluding carboxylic acids is 1. The van der Waals surface area contributed by atoms with Gasteiger partial charge >= 0.3 is 0 Å². The number of rotatable bonds is 2. The van der Waals surface area contributed by atoms with Crippen molar-refractivity contribution in [1.29, 1.82) is 0 Å². The molecule has 4 nitrogen and oxygen atoms in total. The number of benzene rings is 1. The molecule has 0 aliphatic carbocycles. The number of piperidine rings is 1. The molecule has 0 spiro atoms. The Hall–Kier alpha value is -1.55. The Morgan fingerprint density at radius 3 is 2.69 bits per heavy atom. The van der Waals surface area contributed by atoms with Crippen LogP contribution in [0.15, 0.2) is 24.3 Å². The highest BCUT2D eigenvalue weighted by Crippen LogP contribution is 2.09. The number of hydrogen-bond acceptors (Lipinski definition) is 3. The fraction of sp³-hybridized carbons (Fsp3) is 0.417. The van der Waals surface area contributed by atoms with Gasteiger partial charge in [-0.05, 0) is 31.0 Å². The number of nitrogen functional groups attached to an aromatic ring is 1. The van der Waals surface area contributed by atoms with Crippen molar-refractivity contribution in [3.8, 4) is 0 Å². The maximum Gasteiger partial charge on any atom is 0.265 e. The van der Waals surface area contributed by atoms with Crippen molar-refractivity contribution < 1.29 is 4.79 Å². The van der Waals surface area contributed by atoms with E-state index in [1.165, 1.54) is 6.42 Å². The van der Waals surface area contributed by atoms with E-state index in [0.29, 0.717) is 11.3 Å². The molecule has 1 aromatic carbocycles. The summed E-state index contributed by atoms with van der Waals surface area (Å²) in [6.07, 6.45) is 3.55. The second-order valence-electron chi connectivity index (χ2n) is 4.11. The van der Waals surface area contributed by atoms with Gasteiger partial charge in [0.15, 0.2) is 0 Å². The summed E-state index contributed by atoms with van der Waals surface area (Å²) in [4.78, 5) is 11.9. The number of hydrazine groups is 1. The average molecular weight is 219 g/mol. The number of anilines is 1. The molecule has 1 heterocycles. The molecule has 16 heavy (non-hydrogen) atoms. The number of carbonyl (C=O) groups is 1. The van der Waals surface area contributed by atoms with Gasteiger partial charge in [-0.3, -0.25) is 10.2 Å². The third-order valence-electron chi connectivity index (χ3n) is 2.76. The monoisotopic (exact) mass is 219 g/mol. The number of nitrogens with zero attached hydrogens (tertiary/aromatic N) is 1. The van der Waals surface area contributed by atoms with Gasteiger partial charge in [-0.15, -0.1) is 0 Å². The summed E-state index contributed by atoms with van der Waals surface area (Å²) in [5.74, 6) is -0.0748. The van der Waals surface area contributed by atoms with Crippen LogP contribution in [0, 0.1) is 0 Å². The molecule has 4 heteroatoms. The van der Waals surface area contributed by atoms with Gasteiger partial charge in [0.25, 0.3) is 5.91 Å². The van der Waals surface area contributed by atoms with Crippen molar-refractivity contribution in [3.63, 3.8) is 0 Å². The Bertz CT molecular complexity index is 372. The van der Waals surface area contributed by atoms with E-state index in [9.17, 15) is 4.79 Å². The van der Waals surface area contributed by atoms with Crippen molar-refractivity contribution >= 4 is 11.6 Å². The molecule has 0 saturated carbocycles.